The first-order valence-electron chi connectivity index (χ1n) is 6.96. The van der Waals surface area contributed by atoms with Crippen molar-refractivity contribution in [3.05, 3.63) is 30.1 Å². The second-order valence-electron chi connectivity index (χ2n) is 5.74. The molecular formula is C15H24FN3. The van der Waals surface area contributed by atoms with Crippen LogP contribution in [0.3, 0.4) is 0 Å². The van der Waals surface area contributed by atoms with Crippen LogP contribution >= 0.6 is 0 Å². The molecule has 1 N–H and O–H groups in total. The molecule has 19 heavy (non-hydrogen) atoms. The minimum absolute atomic E-state index is 0.171. The lowest BCUT2D eigenvalue weighted by molar-refractivity contribution is 0.330. The van der Waals surface area contributed by atoms with Crippen LogP contribution in [0.4, 0.5) is 10.1 Å². The van der Waals surface area contributed by atoms with Gasteiger partial charge >= 0.3 is 0 Å². The molecule has 4 heteroatoms. The van der Waals surface area contributed by atoms with Gasteiger partial charge in [-0.15, -0.1) is 0 Å². The lowest BCUT2D eigenvalue weighted by atomic mass is 10.2. The van der Waals surface area contributed by atoms with Crippen molar-refractivity contribution in [2.24, 2.45) is 0 Å². The van der Waals surface area contributed by atoms with E-state index in [2.05, 4.69) is 36.1 Å². The molecule has 2 atom stereocenters. The Kier molecular flexibility index (Phi) is 4.77. The number of halogens is 1. The van der Waals surface area contributed by atoms with Gasteiger partial charge in [-0.3, -0.25) is 0 Å². The summed E-state index contributed by atoms with van der Waals surface area (Å²) in [4.78, 5) is 4.56. The molecule has 1 saturated heterocycles. The standard InChI is InChI=1S/C15H24FN3/c1-12-8-9-19(11-14(17-12)10-18(2)3)15-6-4-13(16)5-7-15/h4-7,12,14,17H,8-11H2,1-3H3. The monoisotopic (exact) mass is 265 g/mol. The minimum atomic E-state index is -0.171. The van der Waals surface area contributed by atoms with Crippen molar-refractivity contribution >= 4 is 5.69 Å². The van der Waals surface area contributed by atoms with E-state index in [0.29, 0.717) is 12.1 Å². The molecule has 0 amide bonds. The van der Waals surface area contributed by atoms with Crippen LogP contribution in [0.5, 0.6) is 0 Å². The highest BCUT2D eigenvalue weighted by molar-refractivity contribution is 5.46. The van der Waals surface area contributed by atoms with E-state index < -0.39 is 0 Å². The summed E-state index contributed by atoms with van der Waals surface area (Å²) in [6.07, 6.45) is 1.11. The Labute approximate surface area is 115 Å². The van der Waals surface area contributed by atoms with E-state index in [9.17, 15) is 4.39 Å². The van der Waals surface area contributed by atoms with Crippen molar-refractivity contribution in [2.45, 2.75) is 25.4 Å². The Morgan fingerprint density at radius 1 is 1.32 bits per heavy atom. The Balaban J connectivity index is 2.09. The van der Waals surface area contributed by atoms with Gasteiger partial charge in [-0.25, -0.2) is 4.39 Å². The molecule has 1 aliphatic rings. The maximum absolute atomic E-state index is 13.0. The number of nitrogens with one attached hydrogen (secondary N) is 1. The van der Waals surface area contributed by atoms with Crippen molar-refractivity contribution < 1.29 is 4.39 Å². The van der Waals surface area contributed by atoms with Crippen LogP contribution in [0.25, 0.3) is 0 Å². The number of nitrogens with zero attached hydrogens (tertiary/aromatic N) is 2. The molecule has 0 spiro atoms. The minimum Gasteiger partial charge on any atom is -0.370 e. The highest BCUT2D eigenvalue weighted by atomic mass is 19.1. The number of benzene rings is 1. The zero-order valence-electron chi connectivity index (χ0n) is 12.1. The van der Waals surface area contributed by atoms with Crippen molar-refractivity contribution in [1.82, 2.24) is 10.2 Å². The number of hydrogen-bond donors (Lipinski definition) is 1. The summed E-state index contributed by atoms with van der Waals surface area (Å²) in [5.74, 6) is -0.171. The lowest BCUT2D eigenvalue weighted by Gasteiger charge is -2.28. The number of hydrogen-bond acceptors (Lipinski definition) is 3. The van der Waals surface area contributed by atoms with Gasteiger partial charge in [-0.05, 0) is 51.7 Å². The summed E-state index contributed by atoms with van der Waals surface area (Å²) in [5.41, 5.74) is 1.11. The summed E-state index contributed by atoms with van der Waals surface area (Å²) >= 11 is 0. The molecule has 0 bridgehead atoms. The molecule has 0 aliphatic carbocycles. The molecule has 1 aliphatic heterocycles. The largest absolute Gasteiger partial charge is 0.370 e. The summed E-state index contributed by atoms with van der Waals surface area (Å²) in [6.45, 7) is 5.23. The Hall–Kier alpha value is -1.13. The SMILES string of the molecule is CC1CCN(c2ccc(F)cc2)CC(CN(C)C)N1. The van der Waals surface area contributed by atoms with Crippen LogP contribution in [-0.4, -0.2) is 50.7 Å². The number of likely N-dealkylation sites (N-methyl/N-ethyl adjacent to an activating group) is 1. The Morgan fingerprint density at radius 2 is 2.00 bits per heavy atom. The topological polar surface area (TPSA) is 18.5 Å². The molecule has 0 saturated carbocycles. The molecule has 106 valence electrons. The van der Waals surface area contributed by atoms with Crippen LogP contribution in [0.2, 0.25) is 0 Å². The van der Waals surface area contributed by atoms with Crippen LogP contribution < -0.4 is 10.2 Å². The van der Waals surface area contributed by atoms with Crippen molar-refractivity contribution in [3.63, 3.8) is 0 Å². The fraction of sp³-hybridized carbons (Fsp3) is 0.600. The van der Waals surface area contributed by atoms with Gasteiger partial charge in [0.2, 0.25) is 0 Å². The van der Waals surface area contributed by atoms with Gasteiger partial charge in [0.15, 0.2) is 0 Å². The average Bonchev–Trinajstić information content (AvgIpc) is 2.51. The predicted molar refractivity (Wildman–Crippen MR) is 78.2 cm³/mol. The van der Waals surface area contributed by atoms with E-state index in [1.807, 2.05) is 12.1 Å². The van der Waals surface area contributed by atoms with Gasteiger partial charge in [0.05, 0.1) is 0 Å². The van der Waals surface area contributed by atoms with Gasteiger partial charge in [-0.1, -0.05) is 0 Å². The van der Waals surface area contributed by atoms with E-state index in [1.54, 1.807) is 0 Å². The van der Waals surface area contributed by atoms with Gasteiger partial charge in [0.1, 0.15) is 5.82 Å². The van der Waals surface area contributed by atoms with Crippen molar-refractivity contribution in [3.8, 4) is 0 Å². The molecular weight excluding hydrogens is 241 g/mol. The molecule has 1 aromatic carbocycles. The quantitative estimate of drug-likeness (QED) is 0.901. The average molecular weight is 265 g/mol. The molecule has 2 rings (SSSR count). The van der Waals surface area contributed by atoms with Crippen LogP contribution in [0, 0.1) is 5.82 Å². The fourth-order valence-corrected chi connectivity index (χ4v) is 2.68. The first-order valence-corrected chi connectivity index (χ1v) is 6.96. The first kappa shape index (κ1) is 14.3. The van der Waals surface area contributed by atoms with Crippen LogP contribution in [-0.2, 0) is 0 Å². The third-order valence-electron chi connectivity index (χ3n) is 3.57. The van der Waals surface area contributed by atoms with Gasteiger partial charge < -0.3 is 15.1 Å². The van der Waals surface area contributed by atoms with Gasteiger partial charge in [0, 0.05) is 37.4 Å². The molecule has 1 aromatic rings. The first-order chi connectivity index (χ1) is 9.04. The van der Waals surface area contributed by atoms with Crippen LogP contribution in [0.15, 0.2) is 24.3 Å². The number of rotatable bonds is 3. The maximum atomic E-state index is 13.0. The van der Waals surface area contributed by atoms with Crippen molar-refractivity contribution in [2.75, 3.05) is 38.6 Å². The molecule has 3 nitrogen and oxygen atoms in total. The highest BCUT2D eigenvalue weighted by Gasteiger charge is 2.21. The third kappa shape index (κ3) is 4.18. The van der Waals surface area contributed by atoms with E-state index in [1.165, 1.54) is 12.1 Å². The van der Waals surface area contributed by atoms with E-state index in [-0.39, 0.29) is 5.82 Å². The molecule has 0 radical (unpaired) electrons. The zero-order valence-corrected chi connectivity index (χ0v) is 12.1. The molecule has 1 heterocycles. The molecule has 0 aromatic heterocycles. The van der Waals surface area contributed by atoms with Crippen LogP contribution in [0.1, 0.15) is 13.3 Å². The summed E-state index contributed by atoms with van der Waals surface area (Å²) < 4.78 is 13.0. The van der Waals surface area contributed by atoms with Crippen molar-refractivity contribution in [1.29, 1.82) is 0 Å². The second kappa shape index (κ2) is 6.35. The van der Waals surface area contributed by atoms with Gasteiger partial charge in [-0.2, -0.15) is 0 Å². The third-order valence-corrected chi connectivity index (χ3v) is 3.57. The van der Waals surface area contributed by atoms with E-state index in [0.717, 1.165) is 31.7 Å². The summed E-state index contributed by atoms with van der Waals surface area (Å²) in [6, 6.07) is 7.79. The van der Waals surface area contributed by atoms with E-state index in [4.69, 9.17) is 0 Å². The smallest absolute Gasteiger partial charge is 0.123 e. The fourth-order valence-electron chi connectivity index (χ4n) is 2.68. The Bertz CT molecular complexity index is 391. The summed E-state index contributed by atoms with van der Waals surface area (Å²) in [7, 11) is 4.19. The van der Waals surface area contributed by atoms with Gasteiger partial charge in [0.25, 0.3) is 0 Å². The highest BCUT2D eigenvalue weighted by Crippen LogP contribution is 2.18. The molecule has 1 fully saturated rings. The maximum Gasteiger partial charge on any atom is 0.123 e. The number of anilines is 1. The second-order valence-corrected chi connectivity index (χ2v) is 5.74. The summed E-state index contributed by atoms with van der Waals surface area (Å²) in [5, 5.41) is 3.66. The molecule has 2 unspecified atom stereocenters. The Morgan fingerprint density at radius 3 is 2.63 bits per heavy atom. The lowest BCUT2D eigenvalue weighted by Crippen LogP contribution is -2.46. The predicted octanol–water partition coefficient (Wildman–Crippen LogP) is 1.94. The zero-order chi connectivity index (χ0) is 13.8. The van der Waals surface area contributed by atoms with E-state index >= 15 is 0 Å². The normalized spacial score (nSPS) is 24.6.